The molecule has 0 spiro atoms. The van der Waals surface area contributed by atoms with E-state index in [0.29, 0.717) is 5.92 Å². The first-order valence-electron chi connectivity index (χ1n) is 9.77. The minimum atomic E-state index is 0. The molecule has 174 valence electrons. The number of hydrogen-bond acceptors (Lipinski definition) is 0. The Labute approximate surface area is 226 Å². The maximum absolute atomic E-state index is 3.36. The van der Waals surface area contributed by atoms with E-state index < -0.39 is 0 Å². The van der Waals surface area contributed by atoms with E-state index in [1.165, 1.54) is 67.5 Å². The first-order chi connectivity index (χ1) is 13.5. The van der Waals surface area contributed by atoms with E-state index in [2.05, 4.69) is 108 Å². The zero-order chi connectivity index (χ0) is 20.7. The molecule has 0 N–H and O–H groups in total. The van der Waals surface area contributed by atoms with E-state index in [4.69, 9.17) is 0 Å². The fraction of sp³-hybridized carbons (Fsp3) is 0.250. The van der Waals surface area contributed by atoms with Gasteiger partial charge in [-0.2, -0.15) is 11.1 Å². The van der Waals surface area contributed by atoms with Crippen LogP contribution in [0.2, 0.25) is 0 Å². The van der Waals surface area contributed by atoms with Crippen LogP contribution in [0.15, 0.2) is 77.4 Å². The maximum atomic E-state index is 3.36. The second-order valence-corrected chi connectivity index (χ2v) is 7.18. The van der Waals surface area contributed by atoms with Crippen LogP contribution in [0, 0.1) is 26.8 Å². The Kier molecular flexibility index (Phi) is 19.7. The molecule has 3 aromatic rings. The van der Waals surface area contributed by atoms with Crippen molar-refractivity contribution in [2.75, 3.05) is 0 Å². The summed E-state index contributed by atoms with van der Waals surface area (Å²) < 4.78 is 0. The summed E-state index contributed by atoms with van der Waals surface area (Å²) in [6.07, 6.45) is 4.46. The molecule has 1 aliphatic rings. The van der Waals surface area contributed by atoms with Crippen LogP contribution in [0.4, 0.5) is 0 Å². The van der Waals surface area contributed by atoms with Gasteiger partial charge in [-0.1, -0.05) is 69.5 Å². The number of rotatable bonds is 2. The Balaban J connectivity index is -0.000000490. The summed E-state index contributed by atoms with van der Waals surface area (Å²) in [5.74, 6) is 0.560. The van der Waals surface area contributed by atoms with Crippen molar-refractivity contribution in [1.82, 2.24) is 0 Å². The van der Waals surface area contributed by atoms with Gasteiger partial charge in [-0.05, 0) is 12.0 Å². The second-order valence-electron chi connectivity index (χ2n) is 7.18. The molecule has 0 bridgehead atoms. The van der Waals surface area contributed by atoms with Crippen LogP contribution < -0.4 is 0 Å². The molecule has 0 saturated heterocycles. The molecule has 0 heterocycles. The van der Waals surface area contributed by atoms with Gasteiger partial charge < -0.3 is 14.9 Å². The summed E-state index contributed by atoms with van der Waals surface area (Å²) >= 11 is 1.36. The van der Waals surface area contributed by atoms with Crippen molar-refractivity contribution >= 4 is 42.5 Å². The average Bonchev–Trinajstić information content (AvgIpc) is 3.27. The summed E-state index contributed by atoms with van der Waals surface area (Å²) in [6, 6.07) is 21.8. The van der Waals surface area contributed by atoms with Crippen LogP contribution in [0.1, 0.15) is 40.2 Å². The van der Waals surface area contributed by atoms with Gasteiger partial charge in [0.1, 0.15) is 0 Å². The normalized spacial score (nSPS) is 13.5. The number of aryl methyl sites for hydroxylation is 1. The SMILES string of the molecule is CC1=[C-]C(C)C(C)=C1C.CCc1ccc(-c2c[cH-]c3ccccc23)cc1.Cl.Cl.[CH3-].[CH3-].[Si]=[Zr]. The predicted octanol–water partition coefficient (Wildman–Crippen LogP) is 8.87. The molecule has 1 atom stereocenters. The van der Waals surface area contributed by atoms with Crippen LogP contribution in [0.3, 0.4) is 0 Å². The molecule has 1 unspecified atom stereocenters. The van der Waals surface area contributed by atoms with Crippen LogP contribution in [-0.4, -0.2) is 6.88 Å². The van der Waals surface area contributed by atoms with Crippen molar-refractivity contribution in [3.63, 3.8) is 0 Å². The molecular formula is C28H36Cl2SiZr-4. The first kappa shape index (κ1) is 35.8. The van der Waals surface area contributed by atoms with Gasteiger partial charge in [0.2, 0.25) is 0 Å². The minimum absolute atomic E-state index is 0. The van der Waals surface area contributed by atoms with Crippen molar-refractivity contribution in [1.29, 1.82) is 0 Å². The molecule has 0 aliphatic heterocycles. The van der Waals surface area contributed by atoms with Crippen molar-refractivity contribution in [3.05, 3.63) is 104 Å². The standard InChI is InChI=1S/C17H15.C9H13.2CH3.2ClH.Si.Zr/c1-2-13-7-9-15(10-8-13)17-12-11-14-5-3-4-6-16(14)17;1-6-5-7(2)9(4)8(6)3;;;;;;/h3-12H,2H2,1H3;6H,1-4H3;2*1H3;2*1H;;/q4*-1;;;;. The summed E-state index contributed by atoms with van der Waals surface area (Å²) in [5, 5.41) is 2.67. The zero-order valence-electron chi connectivity index (χ0n) is 20.4. The van der Waals surface area contributed by atoms with Crippen LogP contribution in [0.5, 0.6) is 0 Å². The molecule has 4 heteroatoms. The third-order valence-electron chi connectivity index (χ3n) is 5.59. The van der Waals surface area contributed by atoms with E-state index in [1.54, 1.807) is 0 Å². The Hall–Kier alpha value is -0.790. The molecule has 32 heavy (non-hydrogen) atoms. The predicted molar refractivity (Wildman–Crippen MR) is 147 cm³/mol. The Morgan fingerprint density at radius 2 is 1.50 bits per heavy atom. The number of hydrogen-bond donors (Lipinski definition) is 0. The van der Waals surface area contributed by atoms with Crippen molar-refractivity contribution in [2.24, 2.45) is 5.92 Å². The van der Waals surface area contributed by atoms with Crippen LogP contribution in [0.25, 0.3) is 21.9 Å². The fourth-order valence-electron chi connectivity index (χ4n) is 3.48. The average molecular weight is 563 g/mol. The number of allylic oxidation sites excluding steroid dienone is 4. The molecule has 0 nitrogen and oxygen atoms in total. The van der Waals surface area contributed by atoms with Crippen LogP contribution >= 0.6 is 24.8 Å². The number of benzene rings is 2. The van der Waals surface area contributed by atoms with Gasteiger partial charge in [0, 0.05) is 0 Å². The third kappa shape index (κ3) is 8.86. The summed E-state index contributed by atoms with van der Waals surface area (Å²) in [5.41, 5.74) is 8.28. The summed E-state index contributed by atoms with van der Waals surface area (Å²) in [7, 11) is 0. The molecule has 0 aromatic heterocycles. The Morgan fingerprint density at radius 1 is 0.938 bits per heavy atom. The molecule has 0 saturated carbocycles. The van der Waals surface area contributed by atoms with Crippen molar-refractivity contribution in [2.45, 2.75) is 41.0 Å². The molecule has 2 radical (unpaired) electrons. The van der Waals surface area contributed by atoms with Crippen molar-refractivity contribution < 1.29 is 23.3 Å². The Morgan fingerprint density at radius 3 is 1.94 bits per heavy atom. The van der Waals surface area contributed by atoms with E-state index in [-0.39, 0.29) is 39.7 Å². The van der Waals surface area contributed by atoms with Gasteiger partial charge >= 0.3 is 30.2 Å². The second kappa shape index (κ2) is 17.7. The van der Waals surface area contributed by atoms with E-state index in [1.807, 2.05) is 0 Å². The van der Waals surface area contributed by atoms with Gasteiger partial charge in [0.25, 0.3) is 0 Å². The quantitative estimate of drug-likeness (QED) is 0.216. The van der Waals surface area contributed by atoms with Crippen LogP contribution in [-0.2, 0) is 29.8 Å². The van der Waals surface area contributed by atoms with Gasteiger partial charge in [0.15, 0.2) is 0 Å². The van der Waals surface area contributed by atoms with E-state index in [0.717, 1.165) is 6.42 Å². The van der Waals surface area contributed by atoms with Gasteiger partial charge in [-0.15, -0.1) is 78.4 Å². The van der Waals surface area contributed by atoms with E-state index >= 15 is 0 Å². The molecular weight excluding hydrogens is 527 g/mol. The molecule has 0 amide bonds. The summed E-state index contributed by atoms with van der Waals surface area (Å²) in [6.45, 7) is 13.9. The summed E-state index contributed by atoms with van der Waals surface area (Å²) in [4.78, 5) is 0. The molecule has 4 rings (SSSR count). The van der Waals surface area contributed by atoms with Gasteiger partial charge in [-0.25, -0.2) is 5.57 Å². The third-order valence-corrected chi connectivity index (χ3v) is 5.59. The fourth-order valence-corrected chi connectivity index (χ4v) is 3.48. The monoisotopic (exact) mass is 560 g/mol. The van der Waals surface area contributed by atoms with Gasteiger partial charge in [0.05, 0.1) is 0 Å². The van der Waals surface area contributed by atoms with E-state index in [9.17, 15) is 0 Å². The first-order valence-corrected chi connectivity index (χ1v) is 14.0. The molecule has 1 aliphatic carbocycles. The number of fused-ring (bicyclic) bond motifs is 1. The van der Waals surface area contributed by atoms with Crippen molar-refractivity contribution in [3.8, 4) is 11.1 Å². The zero-order valence-corrected chi connectivity index (χ0v) is 25.5. The topological polar surface area (TPSA) is 0 Å². The molecule has 0 fully saturated rings. The number of halogens is 2. The molecule has 3 aromatic carbocycles. The van der Waals surface area contributed by atoms with Gasteiger partial charge in [-0.3, -0.25) is 6.08 Å². The Bertz CT molecular complexity index is 984.